The van der Waals surface area contributed by atoms with Gasteiger partial charge in [0.05, 0.1) is 18.8 Å². The first kappa shape index (κ1) is 14.9. The van der Waals surface area contributed by atoms with Crippen LogP contribution in [0.3, 0.4) is 0 Å². The van der Waals surface area contributed by atoms with Gasteiger partial charge in [-0.2, -0.15) is 0 Å². The zero-order valence-corrected chi connectivity index (χ0v) is 11.5. The van der Waals surface area contributed by atoms with Crippen molar-refractivity contribution >= 4 is 0 Å². The van der Waals surface area contributed by atoms with Crippen LogP contribution in [0.15, 0.2) is 0 Å². The Labute approximate surface area is 105 Å². The molecule has 1 fully saturated rings. The Balaban J connectivity index is 2.35. The summed E-state index contributed by atoms with van der Waals surface area (Å²) in [4.78, 5) is 2.45. The lowest BCUT2D eigenvalue weighted by Gasteiger charge is -2.42. The molecule has 3 N–H and O–H groups in total. The maximum Gasteiger partial charge on any atom is 0.0767 e. The standard InChI is InChI=1S/C13H28N2O2/c1-4-13(16,10-14)6-5-7-15-8-9-17-11-12(15,2)3/h16H,4-11,14H2,1-3H3. The second-order valence-electron chi connectivity index (χ2n) is 5.74. The topological polar surface area (TPSA) is 58.7 Å². The van der Waals surface area contributed by atoms with Crippen molar-refractivity contribution in [1.82, 2.24) is 4.90 Å². The van der Waals surface area contributed by atoms with E-state index in [-0.39, 0.29) is 5.54 Å². The van der Waals surface area contributed by atoms with Gasteiger partial charge in [-0.15, -0.1) is 0 Å². The van der Waals surface area contributed by atoms with Crippen LogP contribution in [0.5, 0.6) is 0 Å². The number of nitrogens with zero attached hydrogens (tertiary/aromatic N) is 1. The van der Waals surface area contributed by atoms with Gasteiger partial charge in [0.2, 0.25) is 0 Å². The van der Waals surface area contributed by atoms with Gasteiger partial charge in [-0.05, 0) is 39.7 Å². The summed E-state index contributed by atoms with van der Waals surface area (Å²) >= 11 is 0. The van der Waals surface area contributed by atoms with E-state index in [1.54, 1.807) is 0 Å². The number of nitrogens with two attached hydrogens (primary N) is 1. The Bertz CT molecular complexity index is 227. The molecule has 0 spiro atoms. The lowest BCUT2D eigenvalue weighted by atomic mass is 9.94. The average molecular weight is 244 g/mol. The molecule has 4 heteroatoms. The fraction of sp³-hybridized carbons (Fsp3) is 1.00. The predicted octanol–water partition coefficient (Wildman–Crippen LogP) is 0.977. The molecule has 1 saturated heterocycles. The zero-order chi connectivity index (χ0) is 12.9. The molecule has 0 bridgehead atoms. The summed E-state index contributed by atoms with van der Waals surface area (Å²) in [5.41, 5.74) is 5.05. The SMILES string of the molecule is CCC(O)(CN)CCCN1CCOCC1(C)C. The Hall–Kier alpha value is -0.160. The van der Waals surface area contributed by atoms with Gasteiger partial charge in [-0.1, -0.05) is 6.92 Å². The number of morpholine rings is 1. The fourth-order valence-corrected chi connectivity index (χ4v) is 2.33. The highest BCUT2D eigenvalue weighted by molar-refractivity contribution is 4.85. The lowest BCUT2D eigenvalue weighted by Crippen LogP contribution is -2.53. The molecule has 1 aliphatic rings. The molecule has 0 aromatic heterocycles. The van der Waals surface area contributed by atoms with Gasteiger partial charge in [0.15, 0.2) is 0 Å². The molecule has 1 atom stereocenters. The van der Waals surface area contributed by atoms with Crippen LogP contribution in [-0.2, 0) is 4.74 Å². The van der Waals surface area contributed by atoms with Crippen molar-refractivity contribution in [1.29, 1.82) is 0 Å². The molecule has 102 valence electrons. The van der Waals surface area contributed by atoms with Crippen molar-refractivity contribution in [3.63, 3.8) is 0 Å². The van der Waals surface area contributed by atoms with Crippen molar-refractivity contribution in [2.75, 3.05) is 32.8 Å². The Morgan fingerprint density at radius 3 is 2.71 bits per heavy atom. The predicted molar refractivity (Wildman–Crippen MR) is 70.0 cm³/mol. The summed E-state index contributed by atoms with van der Waals surface area (Å²) in [5, 5.41) is 10.1. The van der Waals surface area contributed by atoms with E-state index in [1.807, 2.05) is 6.92 Å². The molecule has 17 heavy (non-hydrogen) atoms. The monoisotopic (exact) mass is 244 g/mol. The van der Waals surface area contributed by atoms with Crippen LogP contribution in [0, 0.1) is 0 Å². The third-order valence-corrected chi connectivity index (χ3v) is 3.93. The molecule has 1 heterocycles. The molecular weight excluding hydrogens is 216 g/mol. The number of ether oxygens (including phenoxy) is 1. The van der Waals surface area contributed by atoms with Crippen molar-refractivity contribution in [2.45, 2.75) is 51.2 Å². The summed E-state index contributed by atoms with van der Waals surface area (Å²) in [6.45, 7) is 10.4. The lowest BCUT2D eigenvalue weighted by molar-refractivity contribution is -0.0546. The molecule has 1 aliphatic heterocycles. The maximum atomic E-state index is 10.1. The van der Waals surface area contributed by atoms with E-state index in [1.165, 1.54) is 0 Å². The van der Waals surface area contributed by atoms with Crippen LogP contribution >= 0.6 is 0 Å². The van der Waals surface area contributed by atoms with Gasteiger partial charge in [0, 0.05) is 18.6 Å². The highest BCUT2D eigenvalue weighted by Crippen LogP contribution is 2.21. The van der Waals surface area contributed by atoms with Gasteiger partial charge < -0.3 is 15.6 Å². The molecule has 0 aromatic carbocycles. The second kappa shape index (κ2) is 6.14. The molecular formula is C13H28N2O2. The van der Waals surface area contributed by atoms with E-state index < -0.39 is 5.60 Å². The third kappa shape index (κ3) is 4.21. The third-order valence-electron chi connectivity index (χ3n) is 3.93. The van der Waals surface area contributed by atoms with Gasteiger partial charge in [-0.25, -0.2) is 0 Å². The van der Waals surface area contributed by atoms with Crippen molar-refractivity contribution in [3.8, 4) is 0 Å². The first-order valence-corrected chi connectivity index (χ1v) is 6.69. The first-order chi connectivity index (χ1) is 7.93. The van der Waals surface area contributed by atoms with Crippen molar-refractivity contribution < 1.29 is 9.84 Å². The van der Waals surface area contributed by atoms with Crippen LogP contribution in [-0.4, -0.2) is 54.0 Å². The smallest absolute Gasteiger partial charge is 0.0767 e. The Kier molecular flexibility index (Phi) is 5.38. The minimum atomic E-state index is -0.670. The maximum absolute atomic E-state index is 10.1. The number of rotatable bonds is 6. The summed E-state index contributed by atoms with van der Waals surface area (Å²) in [7, 11) is 0. The van der Waals surface area contributed by atoms with E-state index in [4.69, 9.17) is 10.5 Å². The molecule has 1 unspecified atom stereocenters. The van der Waals surface area contributed by atoms with E-state index >= 15 is 0 Å². The van der Waals surface area contributed by atoms with Crippen LogP contribution in [0.4, 0.5) is 0 Å². The van der Waals surface area contributed by atoms with E-state index in [0.29, 0.717) is 6.54 Å². The zero-order valence-electron chi connectivity index (χ0n) is 11.5. The van der Waals surface area contributed by atoms with Gasteiger partial charge in [-0.3, -0.25) is 4.90 Å². The second-order valence-corrected chi connectivity index (χ2v) is 5.74. The highest BCUT2D eigenvalue weighted by atomic mass is 16.5. The number of hydrogen-bond acceptors (Lipinski definition) is 4. The summed E-state index contributed by atoms with van der Waals surface area (Å²) in [5.74, 6) is 0. The Morgan fingerprint density at radius 2 is 2.18 bits per heavy atom. The van der Waals surface area contributed by atoms with Crippen LogP contribution in [0.1, 0.15) is 40.0 Å². The quantitative estimate of drug-likeness (QED) is 0.731. The normalized spacial score (nSPS) is 24.5. The number of aliphatic hydroxyl groups is 1. The summed E-state index contributed by atoms with van der Waals surface area (Å²) in [6.07, 6.45) is 2.51. The largest absolute Gasteiger partial charge is 0.389 e. The summed E-state index contributed by atoms with van der Waals surface area (Å²) in [6, 6.07) is 0. The molecule has 0 saturated carbocycles. The first-order valence-electron chi connectivity index (χ1n) is 6.69. The van der Waals surface area contributed by atoms with E-state index in [2.05, 4.69) is 18.7 Å². The molecule has 0 amide bonds. The van der Waals surface area contributed by atoms with Crippen LogP contribution in [0.2, 0.25) is 0 Å². The average Bonchev–Trinajstić information content (AvgIpc) is 2.31. The summed E-state index contributed by atoms with van der Waals surface area (Å²) < 4.78 is 5.49. The molecule has 0 aliphatic carbocycles. The minimum Gasteiger partial charge on any atom is -0.389 e. The molecule has 1 rings (SSSR count). The molecule has 0 radical (unpaired) electrons. The van der Waals surface area contributed by atoms with Crippen LogP contribution < -0.4 is 5.73 Å². The Morgan fingerprint density at radius 1 is 1.47 bits per heavy atom. The van der Waals surface area contributed by atoms with Crippen LogP contribution in [0.25, 0.3) is 0 Å². The van der Waals surface area contributed by atoms with Crippen molar-refractivity contribution in [2.24, 2.45) is 5.73 Å². The highest BCUT2D eigenvalue weighted by Gasteiger charge is 2.30. The molecule has 0 aromatic rings. The number of hydrogen-bond donors (Lipinski definition) is 2. The van der Waals surface area contributed by atoms with E-state index in [0.717, 1.165) is 45.6 Å². The van der Waals surface area contributed by atoms with Gasteiger partial charge >= 0.3 is 0 Å². The van der Waals surface area contributed by atoms with E-state index in [9.17, 15) is 5.11 Å². The van der Waals surface area contributed by atoms with Gasteiger partial charge in [0.25, 0.3) is 0 Å². The van der Waals surface area contributed by atoms with Crippen molar-refractivity contribution in [3.05, 3.63) is 0 Å². The molecule has 4 nitrogen and oxygen atoms in total. The fourth-order valence-electron chi connectivity index (χ4n) is 2.33. The van der Waals surface area contributed by atoms with Gasteiger partial charge in [0.1, 0.15) is 0 Å². The minimum absolute atomic E-state index is 0.116.